The van der Waals surface area contributed by atoms with E-state index in [1.54, 1.807) is 0 Å². The van der Waals surface area contributed by atoms with Gasteiger partial charge in [0.05, 0.1) is 0 Å². The highest BCUT2D eigenvalue weighted by molar-refractivity contribution is 6.08. The monoisotopic (exact) mass is 253 g/mol. The molecule has 0 aliphatic heterocycles. The Hall–Kier alpha value is -2.33. The van der Waals surface area contributed by atoms with Crippen LogP contribution in [0, 0.1) is 0 Å². The number of carbonyl (C=O) groups excluding carboxylic acids is 1. The van der Waals surface area contributed by atoms with Crippen molar-refractivity contribution in [3.05, 3.63) is 48.5 Å². The van der Waals surface area contributed by atoms with Gasteiger partial charge in [0.25, 0.3) is 5.91 Å². The Morgan fingerprint density at radius 1 is 1.05 bits per heavy atom. The van der Waals surface area contributed by atoms with Crippen LogP contribution in [-0.2, 0) is 4.79 Å². The van der Waals surface area contributed by atoms with Crippen molar-refractivity contribution in [2.24, 2.45) is 5.84 Å². The summed E-state index contributed by atoms with van der Waals surface area (Å²) in [5.41, 5.74) is 4.31. The van der Waals surface area contributed by atoms with E-state index in [1.807, 2.05) is 47.9 Å². The molecule has 19 heavy (non-hydrogen) atoms. The third-order valence-corrected chi connectivity index (χ3v) is 3.53. The van der Waals surface area contributed by atoms with Crippen molar-refractivity contribution in [2.75, 3.05) is 0 Å². The third kappa shape index (κ3) is 1.69. The van der Waals surface area contributed by atoms with Gasteiger partial charge in [-0.3, -0.25) is 10.2 Å². The number of hydrogen-bond acceptors (Lipinski definition) is 2. The van der Waals surface area contributed by atoms with Crippen LogP contribution in [0.15, 0.2) is 48.5 Å². The minimum atomic E-state index is -0.352. The first-order valence-electron chi connectivity index (χ1n) is 6.22. The van der Waals surface area contributed by atoms with Crippen molar-refractivity contribution in [3.63, 3.8) is 0 Å². The number of hydrazine groups is 1. The molecule has 4 nitrogen and oxygen atoms in total. The molecule has 1 amide bonds. The van der Waals surface area contributed by atoms with Crippen molar-refractivity contribution in [3.8, 4) is 0 Å². The maximum Gasteiger partial charge on any atom is 0.256 e. The van der Waals surface area contributed by atoms with Gasteiger partial charge in [0, 0.05) is 21.8 Å². The third-order valence-electron chi connectivity index (χ3n) is 3.53. The standard InChI is InChI=1S/C15H15N3O/c1-10(15(19)17-16)18-13-8-4-2-6-11(13)12-7-3-5-9-14(12)18/h2-10H,16H2,1H3,(H,17,19). The molecule has 96 valence electrons. The van der Waals surface area contributed by atoms with Crippen LogP contribution in [0.3, 0.4) is 0 Å². The Labute approximate surface area is 110 Å². The lowest BCUT2D eigenvalue weighted by molar-refractivity contribution is -0.123. The van der Waals surface area contributed by atoms with Gasteiger partial charge in [0.1, 0.15) is 6.04 Å². The number of fused-ring (bicyclic) bond motifs is 3. The number of benzene rings is 2. The van der Waals surface area contributed by atoms with E-state index in [2.05, 4.69) is 17.6 Å². The molecule has 4 heteroatoms. The summed E-state index contributed by atoms with van der Waals surface area (Å²) in [6.07, 6.45) is 0. The molecule has 3 rings (SSSR count). The molecule has 0 aliphatic rings. The first-order valence-corrected chi connectivity index (χ1v) is 6.22. The van der Waals surface area contributed by atoms with Gasteiger partial charge < -0.3 is 4.57 Å². The molecule has 2 aromatic carbocycles. The van der Waals surface area contributed by atoms with Crippen molar-refractivity contribution in [1.82, 2.24) is 9.99 Å². The van der Waals surface area contributed by atoms with Crippen LogP contribution in [-0.4, -0.2) is 10.5 Å². The van der Waals surface area contributed by atoms with E-state index in [-0.39, 0.29) is 11.9 Å². The number of carbonyl (C=O) groups is 1. The molecule has 3 aromatic rings. The molecule has 1 heterocycles. The van der Waals surface area contributed by atoms with E-state index in [4.69, 9.17) is 5.84 Å². The van der Waals surface area contributed by atoms with Crippen LogP contribution in [0.2, 0.25) is 0 Å². The Morgan fingerprint density at radius 3 is 2.00 bits per heavy atom. The minimum Gasteiger partial charge on any atom is -0.328 e. The Kier molecular flexibility index (Phi) is 2.72. The van der Waals surface area contributed by atoms with Gasteiger partial charge >= 0.3 is 0 Å². The highest BCUT2D eigenvalue weighted by Crippen LogP contribution is 2.31. The van der Waals surface area contributed by atoms with Gasteiger partial charge in [0.2, 0.25) is 0 Å². The average Bonchev–Trinajstić information content (AvgIpc) is 2.80. The number of nitrogens with zero attached hydrogens (tertiary/aromatic N) is 1. The fourth-order valence-electron chi connectivity index (χ4n) is 2.61. The number of nitrogens with two attached hydrogens (primary N) is 1. The zero-order valence-electron chi connectivity index (χ0n) is 10.6. The normalized spacial score (nSPS) is 12.7. The molecule has 0 fully saturated rings. The largest absolute Gasteiger partial charge is 0.328 e. The summed E-state index contributed by atoms with van der Waals surface area (Å²) in [6.45, 7) is 1.85. The topological polar surface area (TPSA) is 60.1 Å². The van der Waals surface area contributed by atoms with E-state index in [1.165, 1.54) is 0 Å². The highest BCUT2D eigenvalue weighted by Gasteiger charge is 2.19. The predicted molar refractivity (Wildman–Crippen MR) is 76.5 cm³/mol. The lowest BCUT2D eigenvalue weighted by atomic mass is 10.2. The van der Waals surface area contributed by atoms with Crippen molar-refractivity contribution < 1.29 is 4.79 Å². The molecular formula is C15H15N3O. The van der Waals surface area contributed by atoms with Crippen LogP contribution >= 0.6 is 0 Å². The molecule has 0 spiro atoms. The maximum atomic E-state index is 11.8. The summed E-state index contributed by atoms with van der Waals surface area (Å²) < 4.78 is 2.02. The number of para-hydroxylation sites is 2. The van der Waals surface area contributed by atoms with Crippen LogP contribution in [0.4, 0.5) is 0 Å². The minimum absolute atomic E-state index is 0.202. The summed E-state index contributed by atoms with van der Waals surface area (Å²) in [5.74, 6) is 5.05. The van der Waals surface area contributed by atoms with Gasteiger partial charge in [-0.05, 0) is 19.1 Å². The molecule has 1 aromatic heterocycles. The second-order valence-corrected chi connectivity index (χ2v) is 4.59. The molecule has 0 aliphatic carbocycles. The first-order chi connectivity index (χ1) is 9.24. The van der Waals surface area contributed by atoms with Gasteiger partial charge in [0.15, 0.2) is 0 Å². The smallest absolute Gasteiger partial charge is 0.256 e. The van der Waals surface area contributed by atoms with E-state index in [9.17, 15) is 4.79 Å². The Bertz CT molecular complexity index is 707. The second kappa shape index (κ2) is 4.40. The summed E-state index contributed by atoms with van der Waals surface area (Å²) in [4.78, 5) is 11.8. The molecule has 3 N–H and O–H groups in total. The van der Waals surface area contributed by atoms with Crippen LogP contribution < -0.4 is 11.3 Å². The van der Waals surface area contributed by atoms with E-state index >= 15 is 0 Å². The van der Waals surface area contributed by atoms with Gasteiger partial charge in [-0.15, -0.1) is 0 Å². The molecular weight excluding hydrogens is 238 g/mol. The first kappa shape index (κ1) is 11.7. The molecule has 1 unspecified atom stereocenters. The van der Waals surface area contributed by atoms with Crippen molar-refractivity contribution in [1.29, 1.82) is 0 Å². The zero-order chi connectivity index (χ0) is 13.4. The summed E-state index contributed by atoms with van der Waals surface area (Å²) >= 11 is 0. The lowest BCUT2D eigenvalue weighted by Gasteiger charge is -2.14. The van der Waals surface area contributed by atoms with E-state index in [0.29, 0.717) is 0 Å². The number of aromatic nitrogens is 1. The van der Waals surface area contributed by atoms with Gasteiger partial charge in [-0.2, -0.15) is 0 Å². The molecule has 0 radical (unpaired) electrons. The quantitative estimate of drug-likeness (QED) is 0.418. The second-order valence-electron chi connectivity index (χ2n) is 4.59. The molecule has 0 bridgehead atoms. The lowest BCUT2D eigenvalue weighted by Crippen LogP contribution is -2.35. The van der Waals surface area contributed by atoms with Crippen molar-refractivity contribution >= 4 is 27.7 Å². The van der Waals surface area contributed by atoms with Gasteiger partial charge in [-0.1, -0.05) is 36.4 Å². The fraction of sp³-hybridized carbons (Fsp3) is 0.133. The van der Waals surface area contributed by atoms with Crippen molar-refractivity contribution in [2.45, 2.75) is 13.0 Å². The summed E-state index contributed by atoms with van der Waals surface area (Å²) in [7, 11) is 0. The Morgan fingerprint density at radius 2 is 1.53 bits per heavy atom. The summed E-state index contributed by atoms with van der Waals surface area (Å²) in [5, 5.41) is 2.30. The fourth-order valence-corrected chi connectivity index (χ4v) is 2.61. The molecule has 0 saturated heterocycles. The van der Waals surface area contributed by atoms with E-state index in [0.717, 1.165) is 21.8 Å². The number of nitrogens with one attached hydrogen (secondary N) is 1. The number of amides is 1. The van der Waals surface area contributed by atoms with Crippen LogP contribution in [0.5, 0.6) is 0 Å². The number of rotatable bonds is 2. The molecule has 0 saturated carbocycles. The highest BCUT2D eigenvalue weighted by atomic mass is 16.2. The molecule has 1 atom stereocenters. The summed E-state index contributed by atoms with van der Waals surface area (Å²) in [6, 6.07) is 15.8. The zero-order valence-corrected chi connectivity index (χ0v) is 10.6. The predicted octanol–water partition coefficient (Wildman–Crippen LogP) is 2.35. The SMILES string of the molecule is CC(C(=O)NN)n1c2ccccc2c2ccccc21. The van der Waals surface area contributed by atoms with E-state index < -0.39 is 0 Å². The van der Waals surface area contributed by atoms with Crippen LogP contribution in [0.25, 0.3) is 21.8 Å². The van der Waals surface area contributed by atoms with Crippen LogP contribution in [0.1, 0.15) is 13.0 Å². The Balaban J connectivity index is 2.40. The number of hydrogen-bond donors (Lipinski definition) is 2. The van der Waals surface area contributed by atoms with Gasteiger partial charge in [-0.25, -0.2) is 5.84 Å². The average molecular weight is 253 g/mol. The maximum absolute atomic E-state index is 11.8.